The van der Waals surface area contributed by atoms with Crippen molar-refractivity contribution in [3.8, 4) is 6.07 Å². The molecule has 0 spiro atoms. The van der Waals surface area contributed by atoms with Crippen LogP contribution in [0.25, 0.3) is 0 Å². The highest BCUT2D eigenvalue weighted by Gasteiger charge is 2.29. The molecule has 1 fully saturated rings. The van der Waals surface area contributed by atoms with Gasteiger partial charge in [-0.15, -0.1) is 0 Å². The quantitative estimate of drug-likeness (QED) is 0.665. The Labute approximate surface area is 115 Å². The van der Waals surface area contributed by atoms with Gasteiger partial charge in [-0.2, -0.15) is 5.26 Å². The molecule has 7 heteroatoms. The average molecular weight is 275 g/mol. The number of nitrogens with zero attached hydrogens (tertiary/aromatic N) is 3. The highest BCUT2D eigenvalue weighted by Crippen LogP contribution is 2.32. The van der Waals surface area contributed by atoms with Crippen molar-refractivity contribution in [2.45, 2.75) is 12.8 Å². The largest absolute Gasteiger partial charge is 0.481 e. The minimum atomic E-state index is -0.883. The maximum absolute atomic E-state index is 11.1. The Morgan fingerprint density at radius 2 is 2.30 bits per heavy atom. The molecule has 0 bridgehead atoms. The van der Waals surface area contributed by atoms with Gasteiger partial charge in [-0.1, -0.05) is 0 Å². The molecular formula is C13H13N3O4. The van der Waals surface area contributed by atoms with E-state index >= 15 is 0 Å². The van der Waals surface area contributed by atoms with Crippen molar-refractivity contribution in [2.24, 2.45) is 5.92 Å². The molecule has 0 aliphatic carbocycles. The maximum Gasteiger partial charge on any atom is 0.308 e. The Kier molecular flexibility index (Phi) is 3.84. The van der Waals surface area contributed by atoms with E-state index in [1.54, 1.807) is 4.90 Å². The van der Waals surface area contributed by atoms with E-state index in [0.29, 0.717) is 25.1 Å². The first-order valence-electron chi connectivity index (χ1n) is 6.19. The number of benzene rings is 1. The van der Waals surface area contributed by atoms with Crippen molar-refractivity contribution < 1.29 is 14.8 Å². The van der Waals surface area contributed by atoms with E-state index in [0.717, 1.165) is 0 Å². The van der Waals surface area contributed by atoms with Crippen LogP contribution >= 0.6 is 0 Å². The van der Waals surface area contributed by atoms with Gasteiger partial charge in [0.1, 0.15) is 5.69 Å². The molecule has 1 atom stereocenters. The van der Waals surface area contributed by atoms with Gasteiger partial charge in [0.2, 0.25) is 0 Å². The van der Waals surface area contributed by atoms with E-state index in [-0.39, 0.29) is 17.8 Å². The molecule has 1 saturated heterocycles. The topological polar surface area (TPSA) is 107 Å². The van der Waals surface area contributed by atoms with Gasteiger partial charge < -0.3 is 10.0 Å². The van der Waals surface area contributed by atoms with Gasteiger partial charge in [0.05, 0.1) is 22.5 Å². The number of nitro benzene ring substituents is 1. The number of nitro groups is 1. The fraction of sp³-hybridized carbons (Fsp3) is 0.385. The van der Waals surface area contributed by atoms with Crippen LogP contribution in [0.4, 0.5) is 11.4 Å². The van der Waals surface area contributed by atoms with E-state index in [1.807, 2.05) is 6.07 Å². The number of hydrogen-bond acceptors (Lipinski definition) is 5. The van der Waals surface area contributed by atoms with E-state index in [1.165, 1.54) is 18.2 Å². The molecule has 1 aromatic carbocycles. The summed E-state index contributed by atoms with van der Waals surface area (Å²) in [5, 5.41) is 29.0. The van der Waals surface area contributed by atoms with E-state index < -0.39 is 16.8 Å². The van der Waals surface area contributed by atoms with Crippen LogP contribution in [0.5, 0.6) is 0 Å². The van der Waals surface area contributed by atoms with Crippen molar-refractivity contribution >= 4 is 17.3 Å². The number of anilines is 1. The molecule has 1 aliphatic heterocycles. The summed E-state index contributed by atoms with van der Waals surface area (Å²) in [6, 6.07) is 6.11. The zero-order chi connectivity index (χ0) is 14.7. The van der Waals surface area contributed by atoms with Crippen LogP contribution in [0.3, 0.4) is 0 Å². The lowest BCUT2D eigenvalue weighted by Crippen LogP contribution is -2.39. The van der Waals surface area contributed by atoms with Crippen LogP contribution in [-0.2, 0) is 4.79 Å². The Morgan fingerprint density at radius 3 is 2.90 bits per heavy atom. The Morgan fingerprint density at radius 1 is 1.55 bits per heavy atom. The molecule has 1 aliphatic rings. The molecule has 1 N–H and O–H groups in total. The SMILES string of the molecule is N#Cc1ccc(N2CCCC(C(=O)O)C2)c([N+](=O)[O-])c1. The number of carboxylic acids is 1. The number of carbonyl (C=O) groups is 1. The van der Waals surface area contributed by atoms with E-state index in [2.05, 4.69) is 0 Å². The van der Waals surface area contributed by atoms with Gasteiger partial charge in [0, 0.05) is 19.2 Å². The molecule has 104 valence electrons. The number of rotatable bonds is 3. The van der Waals surface area contributed by atoms with E-state index in [9.17, 15) is 14.9 Å². The van der Waals surface area contributed by atoms with E-state index in [4.69, 9.17) is 10.4 Å². The second kappa shape index (κ2) is 5.57. The Balaban J connectivity index is 2.34. The molecule has 1 aromatic rings. The van der Waals surface area contributed by atoms with Crippen molar-refractivity contribution in [1.82, 2.24) is 0 Å². The summed E-state index contributed by atoms with van der Waals surface area (Å²) in [5.74, 6) is -1.40. The molecule has 2 rings (SSSR count). The van der Waals surface area contributed by atoms with Gasteiger partial charge in [-0.05, 0) is 25.0 Å². The van der Waals surface area contributed by atoms with Crippen LogP contribution in [0.2, 0.25) is 0 Å². The lowest BCUT2D eigenvalue weighted by Gasteiger charge is -2.32. The van der Waals surface area contributed by atoms with Crippen LogP contribution < -0.4 is 4.90 Å². The third-order valence-corrected chi connectivity index (χ3v) is 3.41. The molecule has 1 unspecified atom stereocenters. The predicted octanol–water partition coefficient (Wildman–Crippen LogP) is 1.77. The van der Waals surface area contributed by atoms with Gasteiger partial charge >= 0.3 is 5.97 Å². The lowest BCUT2D eigenvalue weighted by molar-refractivity contribution is -0.384. The molecule has 1 heterocycles. The van der Waals surface area contributed by atoms with Crippen molar-refractivity contribution in [2.75, 3.05) is 18.0 Å². The van der Waals surface area contributed by atoms with Crippen LogP contribution in [0.15, 0.2) is 18.2 Å². The summed E-state index contributed by atoms with van der Waals surface area (Å²) < 4.78 is 0. The predicted molar refractivity (Wildman–Crippen MR) is 70.4 cm³/mol. The summed E-state index contributed by atoms with van der Waals surface area (Å²) in [6.07, 6.45) is 1.25. The standard InChI is InChI=1S/C13H13N3O4/c14-7-9-3-4-11(12(6-9)16(19)20)15-5-1-2-10(8-15)13(17)18/h3-4,6,10H,1-2,5,8H2,(H,17,18). The third kappa shape index (κ3) is 2.69. The van der Waals surface area contributed by atoms with Crippen LogP contribution in [0, 0.1) is 27.4 Å². The molecule has 0 radical (unpaired) electrons. The minimum Gasteiger partial charge on any atom is -0.481 e. The second-order valence-electron chi connectivity index (χ2n) is 4.70. The average Bonchev–Trinajstić information content (AvgIpc) is 2.46. The summed E-state index contributed by atoms with van der Waals surface area (Å²) >= 11 is 0. The molecule has 0 aromatic heterocycles. The lowest BCUT2D eigenvalue weighted by atomic mass is 9.97. The summed E-state index contributed by atoms with van der Waals surface area (Å²) in [6.45, 7) is 0.832. The Hall–Kier alpha value is -2.62. The van der Waals surface area contributed by atoms with Crippen molar-refractivity contribution in [1.29, 1.82) is 5.26 Å². The Bertz CT molecular complexity index is 594. The molecule has 0 saturated carbocycles. The second-order valence-corrected chi connectivity index (χ2v) is 4.70. The summed E-state index contributed by atoms with van der Waals surface area (Å²) in [5.41, 5.74) is 0.433. The first kappa shape index (κ1) is 13.8. The normalized spacial score (nSPS) is 18.4. The molecule has 0 amide bonds. The third-order valence-electron chi connectivity index (χ3n) is 3.41. The smallest absolute Gasteiger partial charge is 0.308 e. The van der Waals surface area contributed by atoms with Crippen LogP contribution in [-0.4, -0.2) is 29.1 Å². The number of aliphatic carboxylic acids is 1. The summed E-state index contributed by atoms with van der Waals surface area (Å²) in [4.78, 5) is 23.3. The van der Waals surface area contributed by atoms with Gasteiger partial charge in [-0.3, -0.25) is 14.9 Å². The fourth-order valence-electron chi connectivity index (χ4n) is 2.40. The molecular weight excluding hydrogens is 262 g/mol. The number of hydrogen-bond donors (Lipinski definition) is 1. The van der Waals surface area contributed by atoms with Gasteiger partial charge in [-0.25, -0.2) is 0 Å². The number of nitriles is 1. The zero-order valence-corrected chi connectivity index (χ0v) is 10.7. The highest BCUT2D eigenvalue weighted by atomic mass is 16.6. The zero-order valence-electron chi connectivity index (χ0n) is 10.7. The summed E-state index contributed by atoms with van der Waals surface area (Å²) in [7, 11) is 0. The van der Waals surface area contributed by atoms with Gasteiger partial charge in [0.15, 0.2) is 0 Å². The van der Waals surface area contributed by atoms with Crippen LogP contribution in [0.1, 0.15) is 18.4 Å². The fourth-order valence-corrected chi connectivity index (χ4v) is 2.40. The number of piperidine rings is 1. The van der Waals surface area contributed by atoms with Crippen molar-refractivity contribution in [3.05, 3.63) is 33.9 Å². The molecule has 7 nitrogen and oxygen atoms in total. The first-order chi connectivity index (χ1) is 9.52. The van der Waals surface area contributed by atoms with Gasteiger partial charge in [0.25, 0.3) is 5.69 Å². The minimum absolute atomic E-state index is 0.157. The maximum atomic E-state index is 11.1. The highest BCUT2D eigenvalue weighted by molar-refractivity contribution is 5.72. The molecule has 20 heavy (non-hydrogen) atoms. The number of carboxylic acid groups (broad SMARTS) is 1. The first-order valence-corrected chi connectivity index (χ1v) is 6.19. The van der Waals surface area contributed by atoms with Crippen molar-refractivity contribution in [3.63, 3.8) is 0 Å². The monoisotopic (exact) mass is 275 g/mol.